The predicted octanol–water partition coefficient (Wildman–Crippen LogP) is 4.01. The SMILES string of the molecule is CNC(=O)Nc1ccc(S(=O)(=O)NC(Cc2ccccc2)C(=O)N2C(=O)OC3(CCNC3)c3cc(Cl)ccc32)c(Cl)c1. The van der Waals surface area contributed by atoms with E-state index in [9.17, 15) is 22.8 Å². The van der Waals surface area contributed by atoms with Gasteiger partial charge in [0.1, 0.15) is 10.9 Å². The zero-order valence-electron chi connectivity index (χ0n) is 22.3. The minimum absolute atomic E-state index is 0.0771. The lowest BCUT2D eigenvalue weighted by Crippen LogP contribution is -2.56. The molecule has 2 unspecified atom stereocenters. The van der Waals surface area contributed by atoms with E-state index in [1.54, 1.807) is 48.5 Å². The van der Waals surface area contributed by atoms with Crippen LogP contribution < -0.4 is 25.6 Å². The smallest absolute Gasteiger partial charge is 0.422 e. The molecular formula is C28H27Cl2N5O6S. The third-order valence-electron chi connectivity index (χ3n) is 7.08. The van der Waals surface area contributed by atoms with Gasteiger partial charge in [0, 0.05) is 36.3 Å². The number of carbonyl (C=O) groups is 3. The van der Waals surface area contributed by atoms with E-state index in [0.717, 1.165) is 4.90 Å². The quantitative estimate of drug-likeness (QED) is 0.308. The molecule has 0 aliphatic carbocycles. The lowest BCUT2D eigenvalue weighted by Gasteiger charge is -2.40. The maximum absolute atomic E-state index is 14.1. The van der Waals surface area contributed by atoms with Gasteiger partial charge in [0.15, 0.2) is 5.60 Å². The Kier molecular flexibility index (Phi) is 8.44. The minimum atomic E-state index is -4.41. The summed E-state index contributed by atoms with van der Waals surface area (Å²) in [6.45, 7) is 0.944. The van der Waals surface area contributed by atoms with Gasteiger partial charge >= 0.3 is 12.1 Å². The summed E-state index contributed by atoms with van der Waals surface area (Å²) < 4.78 is 35.5. The van der Waals surface area contributed by atoms with Gasteiger partial charge in [-0.3, -0.25) is 4.79 Å². The molecule has 220 valence electrons. The van der Waals surface area contributed by atoms with Gasteiger partial charge in [-0.1, -0.05) is 53.5 Å². The first-order valence-electron chi connectivity index (χ1n) is 13.0. The number of imide groups is 1. The van der Waals surface area contributed by atoms with Crippen molar-refractivity contribution in [3.63, 3.8) is 0 Å². The Balaban J connectivity index is 1.51. The lowest BCUT2D eigenvalue weighted by atomic mass is 9.89. The molecule has 42 heavy (non-hydrogen) atoms. The number of ether oxygens (including phenoxy) is 1. The van der Waals surface area contributed by atoms with Gasteiger partial charge in [0.05, 0.1) is 10.7 Å². The van der Waals surface area contributed by atoms with Crippen molar-refractivity contribution in [1.29, 1.82) is 0 Å². The molecule has 1 fully saturated rings. The number of rotatable bonds is 7. The third kappa shape index (κ3) is 5.94. The fraction of sp³-hybridized carbons (Fsp3) is 0.250. The number of carbonyl (C=O) groups excluding carboxylic acids is 3. The molecule has 5 rings (SSSR count). The molecule has 4 N–H and O–H groups in total. The topological polar surface area (TPSA) is 146 Å². The van der Waals surface area contributed by atoms with Crippen LogP contribution in [0.2, 0.25) is 10.0 Å². The molecule has 2 atom stereocenters. The molecular weight excluding hydrogens is 605 g/mol. The van der Waals surface area contributed by atoms with E-state index in [4.69, 9.17) is 27.9 Å². The molecule has 1 saturated heterocycles. The van der Waals surface area contributed by atoms with Crippen molar-refractivity contribution in [3.05, 3.63) is 87.9 Å². The van der Waals surface area contributed by atoms with Gasteiger partial charge in [-0.15, -0.1) is 0 Å². The number of urea groups is 1. The minimum Gasteiger partial charge on any atom is -0.436 e. The number of halogens is 2. The summed E-state index contributed by atoms with van der Waals surface area (Å²) in [5, 5.41) is 8.29. The van der Waals surface area contributed by atoms with Gasteiger partial charge in [-0.25, -0.2) is 22.9 Å². The van der Waals surface area contributed by atoms with Crippen LogP contribution in [0, 0.1) is 0 Å². The van der Waals surface area contributed by atoms with Gasteiger partial charge in [-0.05, 0) is 54.9 Å². The largest absolute Gasteiger partial charge is 0.436 e. The highest BCUT2D eigenvalue weighted by Gasteiger charge is 2.50. The maximum atomic E-state index is 14.1. The van der Waals surface area contributed by atoms with E-state index in [0.29, 0.717) is 35.7 Å². The van der Waals surface area contributed by atoms with Crippen LogP contribution >= 0.6 is 23.2 Å². The standard InChI is InChI=1S/C28H27Cl2N5O6S/c1-31-26(37)33-19-8-10-24(21(30)15-19)42(39,40)34-22(13-17-5-3-2-4-6-17)25(36)35-23-9-7-18(29)14-20(23)28(41-27(35)38)11-12-32-16-28/h2-10,14-15,22,32,34H,11-13,16H2,1H3,(H2,31,33,37). The van der Waals surface area contributed by atoms with E-state index in [2.05, 4.69) is 20.7 Å². The monoisotopic (exact) mass is 631 g/mol. The number of anilines is 2. The second-order valence-corrected chi connectivity index (χ2v) is 12.4. The van der Waals surface area contributed by atoms with Crippen LogP contribution in [0.1, 0.15) is 17.5 Å². The maximum Gasteiger partial charge on any atom is 0.422 e. The number of nitrogens with zero attached hydrogens (tertiary/aromatic N) is 1. The fourth-order valence-corrected chi connectivity index (χ4v) is 6.96. The molecule has 2 aliphatic rings. The lowest BCUT2D eigenvalue weighted by molar-refractivity contribution is -0.120. The molecule has 4 amide bonds. The number of amides is 4. The molecule has 3 aromatic rings. The van der Waals surface area contributed by atoms with Gasteiger partial charge < -0.3 is 20.7 Å². The molecule has 0 saturated carbocycles. The second kappa shape index (κ2) is 11.9. The van der Waals surface area contributed by atoms with Crippen LogP contribution in [0.25, 0.3) is 0 Å². The molecule has 0 radical (unpaired) electrons. The number of fused-ring (bicyclic) bond motifs is 2. The molecule has 1 spiro atoms. The molecule has 2 aliphatic heterocycles. The first-order chi connectivity index (χ1) is 20.0. The van der Waals surface area contributed by atoms with Crippen LogP contribution in [-0.2, 0) is 31.6 Å². The van der Waals surface area contributed by atoms with Crippen LogP contribution in [0.3, 0.4) is 0 Å². The molecule has 0 aromatic heterocycles. The molecule has 2 heterocycles. The molecule has 14 heteroatoms. The average Bonchev–Trinajstić information content (AvgIpc) is 3.42. The van der Waals surface area contributed by atoms with Crippen molar-refractivity contribution in [2.45, 2.75) is 29.4 Å². The fourth-order valence-electron chi connectivity index (χ4n) is 5.05. The summed E-state index contributed by atoms with van der Waals surface area (Å²) in [6, 6.07) is 15.4. The summed E-state index contributed by atoms with van der Waals surface area (Å²) >= 11 is 12.6. The Morgan fingerprint density at radius 2 is 1.86 bits per heavy atom. The number of benzene rings is 3. The van der Waals surface area contributed by atoms with Crippen LogP contribution in [-0.4, -0.2) is 52.6 Å². The van der Waals surface area contributed by atoms with Crippen LogP contribution in [0.4, 0.5) is 21.0 Å². The Morgan fingerprint density at radius 3 is 2.52 bits per heavy atom. The number of sulfonamides is 1. The number of hydrogen-bond donors (Lipinski definition) is 4. The summed E-state index contributed by atoms with van der Waals surface area (Å²) in [4.78, 5) is 39.7. The molecule has 0 bridgehead atoms. The Morgan fingerprint density at radius 1 is 1.10 bits per heavy atom. The summed E-state index contributed by atoms with van der Waals surface area (Å²) in [7, 11) is -2.98. The van der Waals surface area contributed by atoms with Crippen molar-refractivity contribution in [1.82, 2.24) is 15.4 Å². The normalized spacial score (nSPS) is 18.7. The Hall–Kier alpha value is -3.68. The van der Waals surface area contributed by atoms with Crippen molar-refractivity contribution < 1.29 is 27.5 Å². The summed E-state index contributed by atoms with van der Waals surface area (Å²) in [6.07, 6.45) is -0.512. The van der Waals surface area contributed by atoms with Crippen molar-refractivity contribution in [3.8, 4) is 0 Å². The summed E-state index contributed by atoms with van der Waals surface area (Å²) in [5.74, 6) is -0.842. The zero-order chi connectivity index (χ0) is 30.1. The van der Waals surface area contributed by atoms with Crippen molar-refractivity contribution in [2.24, 2.45) is 0 Å². The van der Waals surface area contributed by atoms with E-state index < -0.39 is 39.7 Å². The highest BCUT2D eigenvalue weighted by Crippen LogP contribution is 2.44. The van der Waals surface area contributed by atoms with Crippen LogP contribution in [0.5, 0.6) is 0 Å². The third-order valence-corrected chi connectivity index (χ3v) is 9.27. The molecule has 3 aromatic carbocycles. The van der Waals surface area contributed by atoms with E-state index in [1.165, 1.54) is 25.2 Å². The van der Waals surface area contributed by atoms with Crippen molar-refractivity contribution in [2.75, 3.05) is 30.4 Å². The van der Waals surface area contributed by atoms with E-state index in [-0.39, 0.29) is 27.7 Å². The Bertz CT molecular complexity index is 1650. The first kappa shape index (κ1) is 29.8. The van der Waals surface area contributed by atoms with Crippen molar-refractivity contribution >= 4 is 62.6 Å². The highest BCUT2D eigenvalue weighted by molar-refractivity contribution is 7.89. The van der Waals surface area contributed by atoms with Gasteiger partial charge in [0.25, 0.3) is 5.91 Å². The first-order valence-corrected chi connectivity index (χ1v) is 15.2. The highest BCUT2D eigenvalue weighted by atomic mass is 35.5. The number of hydrogen-bond acceptors (Lipinski definition) is 7. The number of nitrogens with one attached hydrogen (secondary N) is 4. The zero-order valence-corrected chi connectivity index (χ0v) is 24.6. The van der Waals surface area contributed by atoms with Gasteiger partial charge in [0.2, 0.25) is 10.0 Å². The molecule has 11 nitrogen and oxygen atoms in total. The van der Waals surface area contributed by atoms with E-state index in [1.807, 2.05) is 0 Å². The average molecular weight is 633 g/mol. The van der Waals surface area contributed by atoms with E-state index >= 15 is 0 Å². The summed E-state index contributed by atoms with van der Waals surface area (Å²) in [5.41, 5.74) is 0.728. The predicted molar refractivity (Wildman–Crippen MR) is 158 cm³/mol. The second-order valence-electron chi connectivity index (χ2n) is 9.84. The van der Waals surface area contributed by atoms with Crippen LogP contribution in [0.15, 0.2) is 71.6 Å². The Labute approximate surface area is 252 Å². The van der Waals surface area contributed by atoms with Gasteiger partial charge in [-0.2, -0.15) is 4.72 Å².